The summed E-state index contributed by atoms with van der Waals surface area (Å²) in [7, 11) is 0. The van der Waals surface area contributed by atoms with Gasteiger partial charge in [0.1, 0.15) is 5.60 Å². The number of phenols is 2. The van der Waals surface area contributed by atoms with E-state index in [-0.39, 0.29) is 34.8 Å². The fourth-order valence-electron chi connectivity index (χ4n) is 8.19. The summed E-state index contributed by atoms with van der Waals surface area (Å²) in [5.41, 5.74) is 2.15. The van der Waals surface area contributed by atoms with Gasteiger partial charge in [0.15, 0.2) is 18.1 Å². The summed E-state index contributed by atoms with van der Waals surface area (Å²) < 4.78 is 0. The maximum atomic E-state index is 12.2. The minimum absolute atomic E-state index is 0.139. The van der Waals surface area contributed by atoms with E-state index in [4.69, 9.17) is 11.3 Å². The van der Waals surface area contributed by atoms with Gasteiger partial charge in [0.25, 0.3) is 5.91 Å². The Morgan fingerprint density at radius 3 is 2.68 bits per heavy atom. The summed E-state index contributed by atoms with van der Waals surface area (Å²) in [4.78, 5) is 17.6. The molecule has 7 heteroatoms. The topological polar surface area (TPSA) is 111 Å². The highest BCUT2D eigenvalue weighted by atomic mass is 16.6. The van der Waals surface area contributed by atoms with Gasteiger partial charge < -0.3 is 25.5 Å². The number of oxime groups is 1. The van der Waals surface area contributed by atoms with Crippen LogP contribution in [0.3, 0.4) is 0 Å². The average molecular weight is 521 g/mol. The number of terminal acetylenes is 1. The number of nitrogens with zero attached hydrogens (tertiary/aromatic N) is 1. The summed E-state index contributed by atoms with van der Waals surface area (Å²) in [5, 5.41) is 37.2. The van der Waals surface area contributed by atoms with Gasteiger partial charge in [0.2, 0.25) is 0 Å². The van der Waals surface area contributed by atoms with Crippen molar-refractivity contribution in [1.82, 2.24) is 5.32 Å². The number of phenolic OH excluding ortho intramolecular Hbond substituents is 2. The molecular weight excluding hydrogens is 480 g/mol. The predicted octanol–water partition coefficient (Wildman–Crippen LogP) is 4.46. The highest BCUT2D eigenvalue weighted by molar-refractivity contribution is 5.96. The Labute approximate surface area is 225 Å². The van der Waals surface area contributed by atoms with E-state index in [2.05, 4.69) is 36.3 Å². The summed E-state index contributed by atoms with van der Waals surface area (Å²) in [6, 6.07) is 4.62. The maximum absolute atomic E-state index is 12.2. The van der Waals surface area contributed by atoms with Crippen LogP contribution in [0.1, 0.15) is 70.8 Å². The number of rotatable bonds is 6. The number of amides is 1. The number of aromatic hydroxyl groups is 2. The van der Waals surface area contributed by atoms with E-state index in [9.17, 15) is 20.1 Å². The van der Waals surface area contributed by atoms with Crippen LogP contribution in [0.2, 0.25) is 0 Å². The molecule has 204 valence electrons. The molecule has 1 amide bonds. The van der Waals surface area contributed by atoms with Gasteiger partial charge in [-0.05, 0) is 105 Å². The Balaban J connectivity index is 1.15. The highest BCUT2D eigenvalue weighted by Gasteiger charge is 2.63. The molecule has 0 aromatic heterocycles. The summed E-state index contributed by atoms with van der Waals surface area (Å²) >= 11 is 0. The molecule has 7 nitrogen and oxygen atoms in total. The number of benzene rings is 1. The quantitative estimate of drug-likeness (QED) is 0.252. The molecule has 6 atom stereocenters. The number of carbonyl (C=O) groups is 1. The van der Waals surface area contributed by atoms with Crippen molar-refractivity contribution in [2.24, 2.45) is 33.7 Å². The predicted molar refractivity (Wildman–Crippen MR) is 145 cm³/mol. The Morgan fingerprint density at radius 2 is 1.92 bits per heavy atom. The third-order valence-electron chi connectivity index (χ3n) is 10.5. The SMILES string of the molecule is C#CC1(O)CCC2C3CCC4=CC(=NOCC(=O)NCCc5ccc(O)c(O)c5)CCC4(C)C3CCC21C. The molecule has 1 aromatic carbocycles. The second-order valence-corrected chi connectivity index (χ2v) is 12.3. The summed E-state index contributed by atoms with van der Waals surface area (Å²) in [6.07, 6.45) is 16.4. The van der Waals surface area contributed by atoms with E-state index in [1.165, 1.54) is 17.7 Å². The molecule has 0 radical (unpaired) electrons. The minimum Gasteiger partial charge on any atom is -0.504 e. The van der Waals surface area contributed by atoms with Crippen LogP contribution in [0.15, 0.2) is 35.0 Å². The molecule has 6 unspecified atom stereocenters. The van der Waals surface area contributed by atoms with Crippen LogP contribution in [0.4, 0.5) is 0 Å². The van der Waals surface area contributed by atoms with Crippen LogP contribution < -0.4 is 5.32 Å². The van der Waals surface area contributed by atoms with Crippen molar-refractivity contribution in [3.8, 4) is 23.8 Å². The van der Waals surface area contributed by atoms with Gasteiger partial charge in [0, 0.05) is 12.0 Å². The standard InChI is InChI=1S/C31H40N2O5/c1-4-31(37)15-11-25-23-7-6-21-18-22(9-13-29(21,2)24(23)10-14-30(25,31)3)33-38-19-28(36)32-16-12-20-5-8-26(34)27(35)17-20/h1,5,8,17-18,23-25,34-35,37H,6-7,9-16,19H2,2-3H3,(H,32,36). The molecular formula is C31H40N2O5. The number of hydrogen-bond donors (Lipinski definition) is 4. The third-order valence-corrected chi connectivity index (χ3v) is 10.5. The molecule has 5 rings (SSSR count). The molecule has 3 saturated carbocycles. The first kappa shape index (κ1) is 26.6. The lowest BCUT2D eigenvalue weighted by atomic mass is 9.46. The van der Waals surface area contributed by atoms with Crippen molar-refractivity contribution in [2.45, 2.75) is 77.2 Å². The zero-order valence-electron chi connectivity index (χ0n) is 22.5. The Kier molecular flexibility index (Phi) is 6.98. The van der Waals surface area contributed by atoms with Gasteiger partial charge in [-0.3, -0.25) is 4.79 Å². The van der Waals surface area contributed by atoms with Gasteiger partial charge >= 0.3 is 0 Å². The van der Waals surface area contributed by atoms with E-state index >= 15 is 0 Å². The lowest BCUT2D eigenvalue weighted by Gasteiger charge is -2.58. The fourth-order valence-corrected chi connectivity index (χ4v) is 8.19. The molecule has 0 aliphatic heterocycles. The van der Waals surface area contributed by atoms with Crippen LogP contribution in [0.5, 0.6) is 11.5 Å². The van der Waals surface area contributed by atoms with Crippen LogP contribution in [-0.4, -0.2) is 45.7 Å². The number of hydrogen-bond acceptors (Lipinski definition) is 6. The third kappa shape index (κ3) is 4.47. The number of nitrogens with one attached hydrogen (secondary N) is 1. The molecule has 1 aromatic rings. The minimum atomic E-state index is -0.968. The molecule has 38 heavy (non-hydrogen) atoms. The first-order valence-electron chi connectivity index (χ1n) is 14.0. The van der Waals surface area contributed by atoms with Gasteiger partial charge in [0.05, 0.1) is 5.71 Å². The Hall–Kier alpha value is -2.98. The van der Waals surface area contributed by atoms with Gasteiger partial charge in [-0.15, -0.1) is 6.42 Å². The maximum Gasteiger partial charge on any atom is 0.260 e. The zero-order valence-corrected chi connectivity index (χ0v) is 22.5. The van der Waals surface area contributed by atoms with Gasteiger partial charge in [-0.2, -0.15) is 0 Å². The number of carbonyl (C=O) groups excluding carboxylic acids is 1. The van der Waals surface area contributed by atoms with Gasteiger partial charge in [-0.1, -0.05) is 36.6 Å². The van der Waals surface area contributed by atoms with Gasteiger partial charge in [-0.25, -0.2) is 0 Å². The second-order valence-electron chi connectivity index (χ2n) is 12.3. The first-order valence-corrected chi connectivity index (χ1v) is 14.0. The first-order chi connectivity index (χ1) is 18.1. The lowest BCUT2D eigenvalue weighted by molar-refractivity contribution is -0.125. The van der Waals surface area contributed by atoms with E-state index in [0.29, 0.717) is 30.7 Å². The zero-order chi connectivity index (χ0) is 27.1. The smallest absolute Gasteiger partial charge is 0.260 e. The molecule has 4 aliphatic rings. The summed E-state index contributed by atoms with van der Waals surface area (Å²) in [6.45, 7) is 4.89. The van der Waals surface area contributed by atoms with E-state index < -0.39 is 5.60 Å². The van der Waals surface area contributed by atoms with Crippen molar-refractivity contribution >= 4 is 11.6 Å². The van der Waals surface area contributed by atoms with Crippen LogP contribution >= 0.6 is 0 Å². The second kappa shape index (κ2) is 9.96. The van der Waals surface area contributed by atoms with Crippen LogP contribution in [0.25, 0.3) is 0 Å². The lowest BCUT2D eigenvalue weighted by Crippen LogP contribution is -2.54. The molecule has 3 fully saturated rings. The van der Waals surface area contributed by atoms with E-state index in [1.807, 2.05) is 0 Å². The highest BCUT2D eigenvalue weighted by Crippen LogP contribution is 2.67. The Morgan fingerprint density at radius 1 is 1.13 bits per heavy atom. The Bertz CT molecular complexity index is 1200. The average Bonchev–Trinajstić information content (AvgIpc) is 3.17. The fraction of sp³-hybridized carbons (Fsp3) is 0.613. The number of allylic oxidation sites excluding steroid dienone is 2. The van der Waals surface area contributed by atoms with E-state index in [1.54, 1.807) is 6.07 Å². The molecule has 0 heterocycles. The monoisotopic (exact) mass is 520 g/mol. The molecule has 0 saturated heterocycles. The van der Waals surface area contributed by atoms with E-state index in [0.717, 1.165) is 62.6 Å². The van der Waals surface area contributed by atoms with Crippen molar-refractivity contribution < 1.29 is 25.0 Å². The molecule has 4 aliphatic carbocycles. The van der Waals surface area contributed by atoms with Crippen molar-refractivity contribution in [3.63, 3.8) is 0 Å². The molecule has 0 bridgehead atoms. The molecule has 4 N–H and O–H groups in total. The number of aliphatic hydroxyl groups is 1. The van der Waals surface area contributed by atoms with Crippen molar-refractivity contribution in [2.75, 3.05) is 13.2 Å². The summed E-state index contributed by atoms with van der Waals surface area (Å²) in [5.74, 6) is 3.87. The number of fused-ring (bicyclic) bond motifs is 5. The van der Waals surface area contributed by atoms with Crippen LogP contribution in [-0.2, 0) is 16.1 Å². The molecule has 0 spiro atoms. The largest absolute Gasteiger partial charge is 0.504 e. The van der Waals surface area contributed by atoms with Crippen molar-refractivity contribution in [1.29, 1.82) is 0 Å². The van der Waals surface area contributed by atoms with Crippen LogP contribution in [0, 0.1) is 40.9 Å². The van der Waals surface area contributed by atoms with Crippen molar-refractivity contribution in [3.05, 3.63) is 35.4 Å². The normalized spacial score (nSPS) is 36.8.